The topological polar surface area (TPSA) is 47.3 Å². The molecule has 0 radical (unpaired) electrons. The fourth-order valence-electron chi connectivity index (χ4n) is 1.74. The molecule has 0 aliphatic carbocycles. The van der Waals surface area contributed by atoms with Crippen LogP contribution in [0.3, 0.4) is 0 Å². The van der Waals surface area contributed by atoms with E-state index in [9.17, 15) is 0 Å². The lowest BCUT2D eigenvalue weighted by Crippen LogP contribution is -2.41. The zero-order valence-electron chi connectivity index (χ0n) is 8.40. The average molecular weight is 196 g/mol. The molecular formula is C10H16N2O2. The maximum Gasteiger partial charge on any atom is 0.180 e. The number of rotatable bonds is 3. The third-order valence-electron chi connectivity index (χ3n) is 2.67. The minimum absolute atomic E-state index is 0.542. The summed E-state index contributed by atoms with van der Waals surface area (Å²) in [6.07, 6.45) is 4.22. The second-order valence-electron chi connectivity index (χ2n) is 3.81. The van der Waals surface area contributed by atoms with Crippen LogP contribution in [0.15, 0.2) is 17.1 Å². The van der Waals surface area contributed by atoms with Gasteiger partial charge in [-0.25, -0.2) is 4.98 Å². The highest BCUT2D eigenvalue weighted by Gasteiger charge is 2.21. The van der Waals surface area contributed by atoms with Gasteiger partial charge in [0.25, 0.3) is 0 Å². The van der Waals surface area contributed by atoms with Gasteiger partial charge in [-0.3, -0.25) is 0 Å². The first-order valence-corrected chi connectivity index (χ1v) is 5.04. The van der Waals surface area contributed by atoms with Gasteiger partial charge in [0.05, 0.1) is 12.3 Å². The SMILES string of the molecule is CC1COCCC1NCc1cocn1. The van der Waals surface area contributed by atoms with Crippen LogP contribution in [0.25, 0.3) is 0 Å². The number of hydrogen-bond acceptors (Lipinski definition) is 4. The largest absolute Gasteiger partial charge is 0.451 e. The van der Waals surface area contributed by atoms with Crippen LogP contribution in [-0.4, -0.2) is 24.2 Å². The summed E-state index contributed by atoms with van der Waals surface area (Å²) in [6, 6.07) is 0.542. The van der Waals surface area contributed by atoms with Crippen molar-refractivity contribution in [2.45, 2.75) is 25.9 Å². The minimum Gasteiger partial charge on any atom is -0.451 e. The quantitative estimate of drug-likeness (QED) is 0.788. The average Bonchev–Trinajstić information content (AvgIpc) is 2.69. The predicted molar refractivity (Wildman–Crippen MR) is 51.7 cm³/mol. The van der Waals surface area contributed by atoms with Crippen molar-refractivity contribution < 1.29 is 9.15 Å². The van der Waals surface area contributed by atoms with Gasteiger partial charge >= 0.3 is 0 Å². The third-order valence-corrected chi connectivity index (χ3v) is 2.67. The van der Waals surface area contributed by atoms with Crippen LogP contribution in [0.5, 0.6) is 0 Å². The molecular weight excluding hydrogens is 180 g/mol. The molecule has 2 heterocycles. The van der Waals surface area contributed by atoms with Crippen LogP contribution < -0.4 is 5.32 Å². The van der Waals surface area contributed by atoms with E-state index in [1.807, 2.05) is 0 Å². The molecule has 1 aliphatic heterocycles. The molecule has 2 rings (SSSR count). The first-order chi connectivity index (χ1) is 6.86. The van der Waals surface area contributed by atoms with Crippen LogP contribution in [0, 0.1) is 5.92 Å². The summed E-state index contributed by atoms with van der Waals surface area (Å²) in [4.78, 5) is 4.07. The number of nitrogens with one attached hydrogen (secondary N) is 1. The molecule has 4 heteroatoms. The Morgan fingerprint density at radius 1 is 1.64 bits per heavy atom. The van der Waals surface area contributed by atoms with Gasteiger partial charge in [0.1, 0.15) is 6.26 Å². The Morgan fingerprint density at radius 3 is 3.29 bits per heavy atom. The zero-order valence-corrected chi connectivity index (χ0v) is 8.40. The molecule has 1 fully saturated rings. The maximum absolute atomic E-state index is 5.37. The van der Waals surface area contributed by atoms with Gasteiger partial charge in [0, 0.05) is 19.2 Å². The van der Waals surface area contributed by atoms with Crippen molar-refractivity contribution >= 4 is 0 Å². The van der Waals surface area contributed by atoms with Crippen LogP contribution in [0.2, 0.25) is 0 Å². The van der Waals surface area contributed by atoms with Crippen molar-refractivity contribution in [2.75, 3.05) is 13.2 Å². The fourth-order valence-corrected chi connectivity index (χ4v) is 1.74. The van der Waals surface area contributed by atoms with Gasteiger partial charge in [-0.15, -0.1) is 0 Å². The molecule has 78 valence electrons. The van der Waals surface area contributed by atoms with Gasteiger partial charge in [-0.1, -0.05) is 6.92 Å². The van der Waals surface area contributed by atoms with Gasteiger partial charge < -0.3 is 14.5 Å². The van der Waals surface area contributed by atoms with Gasteiger partial charge in [0.15, 0.2) is 6.39 Å². The number of nitrogens with zero attached hydrogens (tertiary/aromatic N) is 1. The van der Waals surface area contributed by atoms with Crippen molar-refractivity contribution in [3.8, 4) is 0 Å². The monoisotopic (exact) mass is 196 g/mol. The molecule has 1 saturated heterocycles. The highest BCUT2D eigenvalue weighted by Crippen LogP contribution is 2.14. The van der Waals surface area contributed by atoms with E-state index in [4.69, 9.17) is 9.15 Å². The number of hydrogen-bond donors (Lipinski definition) is 1. The highest BCUT2D eigenvalue weighted by molar-refractivity contribution is 4.91. The number of aromatic nitrogens is 1. The highest BCUT2D eigenvalue weighted by atomic mass is 16.5. The van der Waals surface area contributed by atoms with Crippen molar-refractivity contribution in [3.63, 3.8) is 0 Å². The van der Waals surface area contributed by atoms with Gasteiger partial charge in [-0.05, 0) is 12.3 Å². The summed E-state index contributed by atoms with van der Waals surface area (Å²) < 4.78 is 10.3. The lowest BCUT2D eigenvalue weighted by Gasteiger charge is -2.29. The predicted octanol–water partition coefficient (Wildman–Crippen LogP) is 1.19. The Balaban J connectivity index is 1.79. The first kappa shape index (κ1) is 9.68. The lowest BCUT2D eigenvalue weighted by atomic mass is 9.98. The van der Waals surface area contributed by atoms with Crippen LogP contribution in [0.1, 0.15) is 19.0 Å². The molecule has 1 aromatic rings. The molecule has 0 amide bonds. The summed E-state index contributed by atoms with van der Waals surface area (Å²) in [5, 5.41) is 3.47. The van der Waals surface area contributed by atoms with Crippen LogP contribution in [0.4, 0.5) is 0 Å². The summed E-state index contributed by atoms with van der Waals surface area (Å²) in [6.45, 7) is 4.71. The van der Waals surface area contributed by atoms with E-state index in [0.717, 1.165) is 31.9 Å². The summed E-state index contributed by atoms with van der Waals surface area (Å²) >= 11 is 0. The molecule has 1 aromatic heterocycles. The smallest absolute Gasteiger partial charge is 0.180 e. The lowest BCUT2D eigenvalue weighted by molar-refractivity contribution is 0.0385. The Bertz CT molecular complexity index is 261. The molecule has 14 heavy (non-hydrogen) atoms. The Morgan fingerprint density at radius 2 is 2.57 bits per heavy atom. The number of oxazole rings is 1. The minimum atomic E-state index is 0.542. The van der Waals surface area contributed by atoms with E-state index in [2.05, 4.69) is 17.2 Å². The van der Waals surface area contributed by atoms with E-state index < -0.39 is 0 Å². The van der Waals surface area contributed by atoms with Crippen molar-refractivity contribution in [1.29, 1.82) is 0 Å². The normalized spacial score (nSPS) is 27.8. The molecule has 0 saturated carbocycles. The molecule has 1 N–H and O–H groups in total. The number of ether oxygens (including phenoxy) is 1. The van der Waals surface area contributed by atoms with E-state index in [-0.39, 0.29) is 0 Å². The molecule has 2 unspecified atom stereocenters. The Kier molecular flexibility index (Phi) is 3.16. The van der Waals surface area contributed by atoms with E-state index in [1.165, 1.54) is 6.39 Å². The summed E-state index contributed by atoms with van der Waals surface area (Å²) in [5.41, 5.74) is 0.962. The third kappa shape index (κ3) is 2.33. The standard InChI is InChI=1S/C10H16N2O2/c1-8-5-13-3-2-10(8)11-4-9-6-14-7-12-9/h6-8,10-11H,2-5H2,1H3. The summed E-state index contributed by atoms with van der Waals surface area (Å²) in [5.74, 6) is 0.579. The van der Waals surface area contributed by atoms with E-state index in [1.54, 1.807) is 6.26 Å². The van der Waals surface area contributed by atoms with Crippen molar-refractivity contribution in [2.24, 2.45) is 5.92 Å². The van der Waals surface area contributed by atoms with Crippen molar-refractivity contribution in [3.05, 3.63) is 18.4 Å². The zero-order chi connectivity index (χ0) is 9.80. The maximum atomic E-state index is 5.37. The van der Waals surface area contributed by atoms with E-state index in [0.29, 0.717) is 12.0 Å². The van der Waals surface area contributed by atoms with Crippen molar-refractivity contribution in [1.82, 2.24) is 10.3 Å². The molecule has 2 atom stereocenters. The van der Waals surface area contributed by atoms with Crippen LogP contribution in [-0.2, 0) is 11.3 Å². The molecule has 0 bridgehead atoms. The first-order valence-electron chi connectivity index (χ1n) is 5.04. The second-order valence-corrected chi connectivity index (χ2v) is 3.81. The summed E-state index contributed by atoms with van der Waals surface area (Å²) in [7, 11) is 0. The van der Waals surface area contributed by atoms with Gasteiger partial charge in [-0.2, -0.15) is 0 Å². The molecule has 1 aliphatic rings. The molecule has 0 spiro atoms. The molecule has 0 aromatic carbocycles. The second kappa shape index (κ2) is 4.57. The van der Waals surface area contributed by atoms with Crippen LogP contribution >= 0.6 is 0 Å². The van der Waals surface area contributed by atoms with Gasteiger partial charge in [0.2, 0.25) is 0 Å². The van der Waals surface area contributed by atoms with E-state index >= 15 is 0 Å². The Labute approximate surface area is 83.7 Å². The fraction of sp³-hybridized carbons (Fsp3) is 0.700. The Hall–Kier alpha value is -0.870. The molecule has 4 nitrogen and oxygen atoms in total.